The molecule has 0 aliphatic carbocycles. The second-order valence-electron chi connectivity index (χ2n) is 7.40. The Balaban J connectivity index is 1.88. The zero-order valence-corrected chi connectivity index (χ0v) is 14.6. The molecule has 1 saturated heterocycles. The number of hydrogen-bond acceptors (Lipinski definition) is 3. The van der Waals surface area contributed by atoms with Crippen LogP contribution in [0.25, 0.3) is 5.57 Å². The Morgan fingerprint density at radius 3 is 2.67 bits per heavy atom. The molecule has 2 bridgehead atoms. The summed E-state index contributed by atoms with van der Waals surface area (Å²) in [5.74, 6) is -0.0910. The molecule has 2 unspecified atom stereocenters. The number of carbonyl (C=O) groups excluding carboxylic acids is 1. The summed E-state index contributed by atoms with van der Waals surface area (Å²) in [6.45, 7) is 5.61. The molecule has 1 aromatic carbocycles. The number of fused-ring (bicyclic) bond motifs is 2. The number of ether oxygens (including phenoxy) is 2. The fourth-order valence-corrected chi connectivity index (χ4v) is 3.60. The molecule has 2 aliphatic heterocycles. The number of carbonyl (C=O) groups is 1. The summed E-state index contributed by atoms with van der Waals surface area (Å²) in [5.41, 5.74) is 1.31. The third-order valence-electron chi connectivity index (χ3n) is 4.52. The van der Waals surface area contributed by atoms with Crippen LogP contribution < -0.4 is 4.74 Å². The zero-order valence-electron chi connectivity index (χ0n) is 14.6. The fourth-order valence-electron chi connectivity index (χ4n) is 3.60. The lowest BCUT2D eigenvalue weighted by Crippen LogP contribution is -2.45. The minimum atomic E-state index is -0.508. The molecule has 2 aliphatic rings. The number of para-hydroxylation sites is 1. The maximum absolute atomic E-state index is 14.0. The number of benzene rings is 1. The van der Waals surface area contributed by atoms with Crippen molar-refractivity contribution in [2.24, 2.45) is 0 Å². The average Bonchev–Trinajstić information content (AvgIpc) is 2.76. The van der Waals surface area contributed by atoms with Crippen molar-refractivity contribution in [3.8, 4) is 5.75 Å². The lowest BCUT2D eigenvalue weighted by Gasteiger charge is -2.35. The van der Waals surface area contributed by atoms with Crippen LogP contribution in [0.4, 0.5) is 9.18 Å². The molecule has 0 radical (unpaired) electrons. The fraction of sp³-hybridized carbons (Fsp3) is 0.526. The van der Waals surface area contributed by atoms with E-state index in [9.17, 15) is 9.18 Å². The highest BCUT2D eigenvalue weighted by molar-refractivity contribution is 5.77. The number of hydrogen-bond donors (Lipinski definition) is 0. The van der Waals surface area contributed by atoms with E-state index in [1.807, 2.05) is 31.7 Å². The Morgan fingerprint density at radius 1 is 1.29 bits per heavy atom. The van der Waals surface area contributed by atoms with Crippen LogP contribution in [0.2, 0.25) is 0 Å². The summed E-state index contributed by atoms with van der Waals surface area (Å²) in [7, 11) is 1.48. The summed E-state index contributed by atoms with van der Waals surface area (Å²) in [6.07, 6.45) is 4.32. The van der Waals surface area contributed by atoms with E-state index in [0.29, 0.717) is 6.42 Å². The van der Waals surface area contributed by atoms with Crippen LogP contribution in [0.3, 0.4) is 0 Å². The van der Waals surface area contributed by atoms with Crippen molar-refractivity contribution in [3.05, 3.63) is 35.7 Å². The van der Waals surface area contributed by atoms with Gasteiger partial charge in [-0.15, -0.1) is 0 Å². The number of methoxy groups -OCH3 is 1. The van der Waals surface area contributed by atoms with Gasteiger partial charge in [-0.05, 0) is 51.7 Å². The van der Waals surface area contributed by atoms with Gasteiger partial charge in [0.05, 0.1) is 13.2 Å². The molecular formula is C19H24FNO3. The van der Waals surface area contributed by atoms with Crippen LogP contribution in [-0.2, 0) is 4.74 Å². The van der Waals surface area contributed by atoms with Gasteiger partial charge >= 0.3 is 6.09 Å². The van der Waals surface area contributed by atoms with Gasteiger partial charge in [-0.3, -0.25) is 4.90 Å². The first kappa shape index (κ1) is 16.8. The first-order chi connectivity index (χ1) is 11.3. The summed E-state index contributed by atoms with van der Waals surface area (Å²) in [5, 5.41) is 0. The maximum atomic E-state index is 14.0. The number of halogens is 1. The number of nitrogens with zero attached hydrogens (tertiary/aromatic N) is 1. The lowest BCUT2D eigenvalue weighted by atomic mass is 9.94. The zero-order chi connectivity index (χ0) is 17.5. The molecule has 4 nitrogen and oxygen atoms in total. The Kier molecular flexibility index (Phi) is 4.28. The van der Waals surface area contributed by atoms with Gasteiger partial charge in [-0.25, -0.2) is 9.18 Å². The van der Waals surface area contributed by atoms with E-state index in [0.717, 1.165) is 24.0 Å². The summed E-state index contributed by atoms with van der Waals surface area (Å²) in [4.78, 5) is 14.3. The molecule has 5 heteroatoms. The molecular weight excluding hydrogens is 309 g/mol. The average molecular weight is 333 g/mol. The van der Waals surface area contributed by atoms with Gasteiger partial charge < -0.3 is 9.47 Å². The molecule has 1 fully saturated rings. The molecule has 2 heterocycles. The first-order valence-corrected chi connectivity index (χ1v) is 8.35. The van der Waals surface area contributed by atoms with Crippen molar-refractivity contribution in [2.75, 3.05) is 7.11 Å². The van der Waals surface area contributed by atoms with E-state index in [1.54, 1.807) is 6.07 Å². The van der Waals surface area contributed by atoms with Crippen molar-refractivity contribution >= 4 is 11.7 Å². The van der Waals surface area contributed by atoms with Gasteiger partial charge in [0.2, 0.25) is 0 Å². The maximum Gasteiger partial charge on any atom is 0.411 e. The SMILES string of the molecule is COc1c(F)cccc1C1=CC2CCC(C1)N2C(=O)OC(C)(C)C. The summed E-state index contributed by atoms with van der Waals surface area (Å²) >= 11 is 0. The third kappa shape index (κ3) is 3.12. The van der Waals surface area contributed by atoms with Crippen molar-refractivity contribution in [1.82, 2.24) is 4.90 Å². The highest BCUT2D eigenvalue weighted by atomic mass is 19.1. The van der Waals surface area contributed by atoms with Crippen molar-refractivity contribution in [1.29, 1.82) is 0 Å². The van der Waals surface area contributed by atoms with E-state index in [2.05, 4.69) is 6.08 Å². The monoisotopic (exact) mass is 333 g/mol. The molecule has 24 heavy (non-hydrogen) atoms. The molecule has 130 valence electrons. The molecule has 0 spiro atoms. The molecule has 1 aromatic rings. The quantitative estimate of drug-likeness (QED) is 0.806. The highest BCUT2D eigenvalue weighted by Crippen LogP contribution is 2.42. The molecule has 0 aromatic heterocycles. The van der Waals surface area contributed by atoms with Crippen molar-refractivity contribution in [2.45, 2.75) is 57.7 Å². The molecule has 2 atom stereocenters. The van der Waals surface area contributed by atoms with E-state index in [1.165, 1.54) is 13.2 Å². The molecule has 0 saturated carbocycles. The lowest BCUT2D eigenvalue weighted by molar-refractivity contribution is 0.0175. The van der Waals surface area contributed by atoms with E-state index in [-0.39, 0.29) is 29.7 Å². The summed E-state index contributed by atoms with van der Waals surface area (Å²) in [6, 6.07) is 5.05. The normalized spacial score (nSPS) is 23.0. The first-order valence-electron chi connectivity index (χ1n) is 8.35. The standard InChI is InChI=1S/C19H24FNO3/c1-19(2,3)24-18(22)21-13-8-9-14(21)11-12(10-13)15-6-5-7-16(20)17(15)23-4/h5-7,10,13-14H,8-9,11H2,1-4H3. The van der Waals surface area contributed by atoms with Crippen molar-refractivity contribution < 1.29 is 18.7 Å². The van der Waals surface area contributed by atoms with Crippen LogP contribution in [0, 0.1) is 5.82 Å². The van der Waals surface area contributed by atoms with E-state index >= 15 is 0 Å². The van der Waals surface area contributed by atoms with Gasteiger partial charge in [-0.1, -0.05) is 18.2 Å². The smallest absolute Gasteiger partial charge is 0.411 e. The van der Waals surface area contributed by atoms with Gasteiger partial charge in [0, 0.05) is 11.6 Å². The minimum absolute atomic E-state index is 0.00146. The number of amides is 1. The van der Waals surface area contributed by atoms with Gasteiger partial charge in [0.15, 0.2) is 11.6 Å². The molecule has 1 amide bonds. The topological polar surface area (TPSA) is 38.8 Å². The Hall–Kier alpha value is -2.04. The largest absolute Gasteiger partial charge is 0.493 e. The van der Waals surface area contributed by atoms with Gasteiger partial charge in [-0.2, -0.15) is 0 Å². The van der Waals surface area contributed by atoms with Crippen molar-refractivity contribution in [3.63, 3.8) is 0 Å². The predicted octanol–water partition coefficient (Wildman–Crippen LogP) is 4.39. The number of rotatable bonds is 2. The highest BCUT2D eigenvalue weighted by Gasteiger charge is 2.42. The second kappa shape index (κ2) is 6.11. The van der Waals surface area contributed by atoms with Gasteiger partial charge in [0.1, 0.15) is 5.60 Å². The Labute approximate surface area is 142 Å². The van der Waals surface area contributed by atoms with Crippen LogP contribution in [0.15, 0.2) is 24.3 Å². The molecule has 0 N–H and O–H groups in total. The van der Waals surface area contributed by atoms with Crippen LogP contribution in [0.5, 0.6) is 5.75 Å². The van der Waals surface area contributed by atoms with E-state index in [4.69, 9.17) is 9.47 Å². The van der Waals surface area contributed by atoms with Crippen LogP contribution in [-0.4, -0.2) is 35.8 Å². The predicted molar refractivity (Wildman–Crippen MR) is 90.4 cm³/mol. The summed E-state index contributed by atoms with van der Waals surface area (Å²) < 4.78 is 24.7. The Bertz CT molecular complexity index is 678. The minimum Gasteiger partial charge on any atom is -0.493 e. The Morgan fingerprint density at radius 2 is 2.04 bits per heavy atom. The van der Waals surface area contributed by atoms with Crippen LogP contribution in [0.1, 0.15) is 45.6 Å². The molecule has 3 rings (SSSR count). The van der Waals surface area contributed by atoms with Gasteiger partial charge in [0.25, 0.3) is 0 Å². The van der Waals surface area contributed by atoms with Crippen LogP contribution >= 0.6 is 0 Å². The van der Waals surface area contributed by atoms with E-state index < -0.39 is 5.60 Å². The second-order valence-corrected chi connectivity index (χ2v) is 7.40. The third-order valence-corrected chi connectivity index (χ3v) is 4.52.